The number of benzene rings is 1. The molecule has 0 spiro atoms. The molecular formula is C43H65N7O6. The Morgan fingerprint density at radius 3 is 2.27 bits per heavy atom. The van der Waals surface area contributed by atoms with E-state index in [1.54, 1.807) is 44.6 Å². The quantitative estimate of drug-likeness (QED) is 0.192. The minimum absolute atomic E-state index is 0.000287. The highest BCUT2D eigenvalue weighted by atomic mass is 16.5. The van der Waals surface area contributed by atoms with E-state index in [1.807, 2.05) is 56.0 Å². The molecule has 11 atom stereocenters. The Balaban J connectivity index is 1.27. The highest BCUT2D eigenvalue weighted by molar-refractivity contribution is 5.90. The van der Waals surface area contributed by atoms with Gasteiger partial charge in [-0.2, -0.15) is 0 Å². The molecule has 4 amide bonds. The topological polar surface area (TPSA) is 155 Å². The second kappa shape index (κ2) is 20.0. The molecule has 1 aliphatic carbocycles. The number of carbonyl (C=O) groups excluding carboxylic acids is 4. The van der Waals surface area contributed by atoms with Gasteiger partial charge in [-0.25, -0.2) is 9.97 Å². The second-order valence-corrected chi connectivity index (χ2v) is 16.6. The number of amides is 4. The van der Waals surface area contributed by atoms with E-state index in [2.05, 4.69) is 39.8 Å². The fourth-order valence-electron chi connectivity index (χ4n) is 9.28. The predicted molar refractivity (Wildman–Crippen MR) is 214 cm³/mol. The van der Waals surface area contributed by atoms with E-state index >= 15 is 0 Å². The summed E-state index contributed by atoms with van der Waals surface area (Å²) >= 11 is 0. The molecule has 13 heteroatoms. The Morgan fingerprint density at radius 1 is 0.964 bits per heavy atom. The Morgan fingerprint density at radius 2 is 1.68 bits per heavy atom. The zero-order valence-corrected chi connectivity index (χ0v) is 34.6. The number of methoxy groups -OCH3 is 2. The van der Waals surface area contributed by atoms with Gasteiger partial charge in [-0.1, -0.05) is 71.4 Å². The molecule has 2 unspecified atom stereocenters. The van der Waals surface area contributed by atoms with E-state index < -0.39 is 36.3 Å². The first-order valence-corrected chi connectivity index (χ1v) is 20.7. The lowest BCUT2D eigenvalue weighted by Crippen LogP contribution is -2.59. The monoisotopic (exact) mass is 775 g/mol. The van der Waals surface area contributed by atoms with Gasteiger partial charge < -0.3 is 35.2 Å². The number of fused-ring (bicyclic) bond motifs is 2. The number of likely N-dealkylation sites (N-methyl/N-ethyl adjacent to an activating group) is 1. The third-order valence-corrected chi connectivity index (χ3v) is 12.6. The number of aromatic nitrogens is 2. The maximum atomic E-state index is 14.3. The van der Waals surface area contributed by atoms with Gasteiger partial charge in [-0.3, -0.25) is 19.2 Å². The maximum absolute atomic E-state index is 14.3. The Kier molecular flexibility index (Phi) is 15.4. The lowest BCUT2D eigenvalue weighted by Gasteiger charge is -2.41. The molecule has 3 heterocycles. The number of ether oxygens (including phenoxy) is 2. The van der Waals surface area contributed by atoms with Crippen LogP contribution in [0.25, 0.3) is 0 Å². The van der Waals surface area contributed by atoms with Crippen LogP contribution in [-0.2, 0) is 35.1 Å². The summed E-state index contributed by atoms with van der Waals surface area (Å²) in [5.74, 6) is -0.536. The van der Waals surface area contributed by atoms with Crippen LogP contribution in [0.5, 0.6) is 0 Å². The number of hydrogen-bond donors (Lipinski definition) is 3. The van der Waals surface area contributed by atoms with Crippen molar-refractivity contribution in [2.45, 2.75) is 134 Å². The summed E-state index contributed by atoms with van der Waals surface area (Å²) in [6.07, 6.45) is 8.09. The van der Waals surface area contributed by atoms with E-state index in [0.717, 1.165) is 37.7 Å². The highest BCUT2D eigenvalue weighted by Gasteiger charge is 2.46. The fraction of sp³-hybridized carbons (Fsp3) is 0.674. The van der Waals surface area contributed by atoms with Gasteiger partial charge >= 0.3 is 0 Å². The lowest BCUT2D eigenvalue weighted by atomic mass is 9.89. The van der Waals surface area contributed by atoms with Gasteiger partial charge in [0.15, 0.2) is 5.82 Å². The molecule has 56 heavy (non-hydrogen) atoms. The summed E-state index contributed by atoms with van der Waals surface area (Å²) in [7, 11) is 4.94. The molecule has 2 saturated heterocycles. The highest BCUT2D eigenvalue weighted by Crippen LogP contribution is 2.35. The smallest absolute Gasteiger partial charge is 0.245 e. The van der Waals surface area contributed by atoms with Crippen molar-refractivity contribution in [1.29, 1.82) is 0 Å². The minimum Gasteiger partial charge on any atom is -0.379 e. The number of likely N-dealkylation sites (tertiary alicyclic amines) is 1. The van der Waals surface area contributed by atoms with Crippen LogP contribution in [0, 0.1) is 23.7 Å². The van der Waals surface area contributed by atoms with Gasteiger partial charge in [0, 0.05) is 46.2 Å². The van der Waals surface area contributed by atoms with Crippen molar-refractivity contribution in [3.8, 4) is 0 Å². The van der Waals surface area contributed by atoms with Crippen molar-refractivity contribution < 1.29 is 28.7 Å². The lowest BCUT2D eigenvalue weighted by molar-refractivity contribution is -0.147. The van der Waals surface area contributed by atoms with Gasteiger partial charge in [-0.05, 0) is 67.9 Å². The Bertz CT molecular complexity index is 1600. The summed E-state index contributed by atoms with van der Waals surface area (Å²) in [6.45, 7) is 10.4. The van der Waals surface area contributed by atoms with Crippen molar-refractivity contribution in [3.05, 3.63) is 60.2 Å². The van der Waals surface area contributed by atoms with Gasteiger partial charge in [0.25, 0.3) is 0 Å². The van der Waals surface area contributed by atoms with Gasteiger partial charge in [0.2, 0.25) is 23.6 Å². The maximum Gasteiger partial charge on any atom is 0.245 e. The normalized spacial score (nSPS) is 24.2. The number of carbonyl (C=O) groups is 4. The second-order valence-electron chi connectivity index (χ2n) is 16.6. The van der Waals surface area contributed by atoms with Crippen LogP contribution < -0.4 is 16.0 Å². The molecule has 308 valence electrons. The van der Waals surface area contributed by atoms with Gasteiger partial charge in [0.1, 0.15) is 6.04 Å². The average Bonchev–Trinajstić information content (AvgIpc) is 3.99. The molecular weight excluding hydrogens is 711 g/mol. The standard InChI is InChI=1S/C43H65N7O6/c1-9-27(4)38(49(6)43(54)36(26(2)3)48-42(53)37-30-18-19-31(24-30)46-37)34(55-7)25-35(51)50-22-13-17-33(50)39(56-8)28(5)41(52)47-32(40-44-20-14-21-45-40)23-29-15-11-10-12-16-29/h10-12,14-16,20-21,26-28,30-34,36-39,46H,9,13,17-19,22-25H2,1-8H3,(H,47,52)(H,48,53)/t27-,28+,30-,31+,32-,33?,34+,36?,37-,38-,39+/m0/s1. The molecule has 13 nitrogen and oxygen atoms in total. The SMILES string of the molecule is CC[C@H](C)[C@@H]([C@@H](CC(=O)N1CCCC1[C@H](OC)[C@@H](C)C(=O)N[C@@H](Cc1ccccc1)c1ncccn1)OC)N(C)C(=O)C(NC(=O)[C@H]1N[C@@H]2CC[C@H]1C2)C(C)C. The fourth-order valence-corrected chi connectivity index (χ4v) is 9.28. The molecule has 1 aromatic heterocycles. The van der Waals surface area contributed by atoms with Crippen molar-refractivity contribution in [2.75, 3.05) is 27.8 Å². The van der Waals surface area contributed by atoms with Crippen LogP contribution in [0.2, 0.25) is 0 Å². The molecule has 3 N–H and O–H groups in total. The van der Waals surface area contributed by atoms with E-state index in [1.165, 1.54) is 0 Å². The number of nitrogens with zero attached hydrogens (tertiary/aromatic N) is 4. The molecule has 1 saturated carbocycles. The van der Waals surface area contributed by atoms with Crippen molar-refractivity contribution in [2.24, 2.45) is 23.7 Å². The molecule has 5 rings (SSSR count). The van der Waals surface area contributed by atoms with Crippen LogP contribution >= 0.6 is 0 Å². The largest absolute Gasteiger partial charge is 0.379 e. The Hall–Kier alpha value is -3.94. The minimum atomic E-state index is -0.716. The molecule has 2 bridgehead atoms. The summed E-state index contributed by atoms with van der Waals surface area (Å²) < 4.78 is 12.1. The molecule has 0 radical (unpaired) electrons. The molecule has 1 aromatic carbocycles. The van der Waals surface area contributed by atoms with Crippen LogP contribution in [0.4, 0.5) is 0 Å². The van der Waals surface area contributed by atoms with Crippen LogP contribution in [-0.4, -0.2) is 114 Å². The van der Waals surface area contributed by atoms with E-state index in [0.29, 0.717) is 37.2 Å². The van der Waals surface area contributed by atoms with Crippen molar-refractivity contribution >= 4 is 23.6 Å². The molecule has 2 aliphatic heterocycles. The zero-order chi connectivity index (χ0) is 40.5. The predicted octanol–water partition coefficient (Wildman–Crippen LogP) is 4.08. The van der Waals surface area contributed by atoms with Crippen LogP contribution in [0.1, 0.15) is 97.0 Å². The average molecular weight is 776 g/mol. The summed E-state index contributed by atoms with van der Waals surface area (Å²) in [5.41, 5.74) is 1.04. The van der Waals surface area contributed by atoms with Crippen molar-refractivity contribution in [3.63, 3.8) is 0 Å². The van der Waals surface area contributed by atoms with Gasteiger partial charge in [0.05, 0.1) is 48.7 Å². The van der Waals surface area contributed by atoms with Crippen molar-refractivity contribution in [1.82, 2.24) is 35.7 Å². The number of nitrogens with one attached hydrogen (secondary N) is 3. The Labute approximate surface area is 333 Å². The van der Waals surface area contributed by atoms with Crippen LogP contribution in [0.3, 0.4) is 0 Å². The molecule has 3 aliphatic rings. The zero-order valence-electron chi connectivity index (χ0n) is 34.6. The summed E-state index contributed by atoms with van der Waals surface area (Å²) in [6, 6.07) is 9.83. The third-order valence-electron chi connectivity index (χ3n) is 12.6. The van der Waals surface area contributed by atoms with E-state index in [4.69, 9.17) is 9.47 Å². The number of hydrogen-bond acceptors (Lipinski definition) is 9. The van der Waals surface area contributed by atoms with E-state index in [-0.39, 0.29) is 54.0 Å². The van der Waals surface area contributed by atoms with Crippen LogP contribution in [0.15, 0.2) is 48.8 Å². The van der Waals surface area contributed by atoms with E-state index in [9.17, 15) is 19.2 Å². The number of rotatable bonds is 19. The first-order valence-electron chi connectivity index (χ1n) is 20.7. The third kappa shape index (κ3) is 10.1. The summed E-state index contributed by atoms with van der Waals surface area (Å²) in [4.78, 5) is 68.4. The number of piperidine rings is 1. The summed E-state index contributed by atoms with van der Waals surface area (Å²) in [5, 5.41) is 9.72. The molecule has 2 aromatic rings. The van der Waals surface area contributed by atoms with Gasteiger partial charge in [-0.15, -0.1) is 0 Å². The molecule has 3 fully saturated rings. The first-order chi connectivity index (χ1) is 26.9. The first kappa shape index (κ1) is 43.2.